The first kappa shape index (κ1) is 21.6. The number of pyridine rings is 1. The number of benzene rings is 1. The molecule has 1 aromatic carbocycles. The maximum Gasteiger partial charge on any atom is 0.237 e. The fourth-order valence-corrected chi connectivity index (χ4v) is 4.49. The summed E-state index contributed by atoms with van der Waals surface area (Å²) in [6.45, 7) is 4.08. The van der Waals surface area contributed by atoms with Gasteiger partial charge < -0.3 is 14.4 Å². The number of aromatic nitrogens is 3. The van der Waals surface area contributed by atoms with Crippen molar-refractivity contribution >= 4 is 5.91 Å². The first-order valence-electron chi connectivity index (χ1n) is 11.3. The molecule has 2 aliphatic heterocycles. The summed E-state index contributed by atoms with van der Waals surface area (Å²) in [7, 11) is 1.89. The molecule has 1 amide bonds. The van der Waals surface area contributed by atoms with E-state index in [9.17, 15) is 4.79 Å². The maximum absolute atomic E-state index is 13.2. The molecule has 2 aliphatic rings. The SMILES string of the molecule is Cn1cc(CN2C[C@H](OCc3ccncc3)CN(Cc3ccc4c(c3)CCO4)CC2=O)cn1. The Kier molecular flexibility index (Phi) is 6.37. The van der Waals surface area contributed by atoms with Crippen LogP contribution in [0.5, 0.6) is 5.75 Å². The van der Waals surface area contributed by atoms with Crippen LogP contribution < -0.4 is 4.74 Å². The van der Waals surface area contributed by atoms with Crippen molar-refractivity contribution < 1.29 is 14.3 Å². The molecule has 5 rings (SSSR count). The van der Waals surface area contributed by atoms with Crippen LogP contribution in [0.25, 0.3) is 0 Å². The van der Waals surface area contributed by atoms with Crippen molar-refractivity contribution in [1.82, 2.24) is 24.6 Å². The van der Waals surface area contributed by atoms with Gasteiger partial charge >= 0.3 is 0 Å². The van der Waals surface area contributed by atoms with Crippen LogP contribution in [-0.4, -0.2) is 62.8 Å². The van der Waals surface area contributed by atoms with E-state index in [1.54, 1.807) is 17.1 Å². The fourth-order valence-electron chi connectivity index (χ4n) is 4.49. The fraction of sp³-hybridized carbons (Fsp3) is 0.400. The molecule has 172 valence electrons. The van der Waals surface area contributed by atoms with Crippen LogP contribution in [0.1, 0.15) is 22.3 Å². The summed E-state index contributed by atoms with van der Waals surface area (Å²) in [4.78, 5) is 21.4. The second kappa shape index (κ2) is 9.72. The summed E-state index contributed by atoms with van der Waals surface area (Å²) in [5.41, 5.74) is 4.54. The first-order chi connectivity index (χ1) is 16.1. The number of carbonyl (C=O) groups is 1. The van der Waals surface area contributed by atoms with Gasteiger partial charge in [0.1, 0.15) is 5.75 Å². The lowest BCUT2D eigenvalue weighted by Crippen LogP contribution is -2.37. The topological polar surface area (TPSA) is 72.7 Å². The Morgan fingerprint density at radius 1 is 1.09 bits per heavy atom. The van der Waals surface area contributed by atoms with E-state index in [0.717, 1.165) is 29.9 Å². The second-order valence-corrected chi connectivity index (χ2v) is 8.80. The van der Waals surface area contributed by atoms with Crippen LogP contribution in [0.3, 0.4) is 0 Å². The minimum absolute atomic E-state index is 0.0981. The molecule has 33 heavy (non-hydrogen) atoms. The van der Waals surface area contributed by atoms with E-state index in [1.807, 2.05) is 42.5 Å². The van der Waals surface area contributed by atoms with Gasteiger partial charge in [0.05, 0.1) is 32.1 Å². The molecule has 0 N–H and O–H groups in total. The van der Waals surface area contributed by atoms with Gasteiger partial charge in [-0.2, -0.15) is 5.10 Å². The molecule has 0 bridgehead atoms. The highest BCUT2D eigenvalue weighted by atomic mass is 16.5. The Morgan fingerprint density at radius 3 is 2.79 bits per heavy atom. The van der Waals surface area contributed by atoms with E-state index in [2.05, 4.69) is 27.1 Å². The second-order valence-electron chi connectivity index (χ2n) is 8.80. The Labute approximate surface area is 193 Å². The lowest BCUT2D eigenvalue weighted by Gasteiger charge is -2.25. The van der Waals surface area contributed by atoms with Crippen molar-refractivity contribution in [2.24, 2.45) is 7.05 Å². The van der Waals surface area contributed by atoms with Gasteiger partial charge in [0.15, 0.2) is 0 Å². The predicted octanol–water partition coefficient (Wildman–Crippen LogP) is 2.18. The molecule has 3 aromatic rings. The third kappa shape index (κ3) is 5.40. The Balaban J connectivity index is 1.31. The minimum Gasteiger partial charge on any atom is -0.493 e. The van der Waals surface area contributed by atoms with Crippen molar-refractivity contribution in [2.75, 3.05) is 26.2 Å². The Hall–Kier alpha value is -3.23. The third-order valence-electron chi connectivity index (χ3n) is 6.12. The molecule has 1 saturated heterocycles. The molecule has 0 aliphatic carbocycles. The molecule has 0 radical (unpaired) electrons. The van der Waals surface area contributed by atoms with Crippen LogP contribution in [0.4, 0.5) is 0 Å². The van der Waals surface area contributed by atoms with Crippen molar-refractivity contribution in [1.29, 1.82) is 0 Å². The number of nitrogens with zero attached hydrogens (tertiary/aromatic N) is 5. The average Bonchev–Trinajstić information content (AvgIpc) is 3.42. The Bertz CT molecular complexity index is 1100. The molecule has 0 unspecified atom stereocenters. The van der Waals surface area contributed by atoms with E-state index in [4.69, 9.17) is 9.47 Å². The summed E-state index contributed by atoms with van der Waals surface area (Å²) in [5, 5.41) is 4.25. The van der Waals surface area contributed by atoms with Crippen LogP contribution >= 0.6 is 0 Å². The molecule has 8 heteroatoms. The molecular formula is C25H29N5O3. The smallest absolute Gasteiger partial charge is 0.237 e. The van der Waals surface area contributed by atoms with E-state index in [0.29, 0.717) is 39.3 Å². The van der Waals surface area contributed by atoms with E-state index in [1.165, 1.54) is 11.1 Å². The van der Waals surface area contributed by atoms with Crippen LogP contribution in [0, 0.1) is 0 Å². The van der Waals surface area contributed by atoms with Gasteiger partial charge in [-0.3, -0.25) is 19.4 Å². The van der Waals surface area contributed by atoms with Crippen LogP contribution in [0.2, 0.25) is 0 Å². The number of amides is 1. The normalized spacial score (nSPS) is 18.8. The number of hydrogen-bond acceptors (Lipinski definition) is 6. The van der Waals surface area contributed by atoms with Gasteiger partial charge in [0.2, 0.25) is 5.91 Å². The maximum atomic E-state index is 13.2. The summed E-state index contributed by atoms with van der Waals surface area (Å²) in [5.74, 6) is 1.09. The number of hydrogen-bond donors (Lipinski definition) is 0. The zero-order valence-corrected chi connectivity index (χ0v) is 18.9. The number of carbonyl (C=O) groups excluding carboxylic acids is 1. The van der Waals surface area contributed by atoms with E-state index in [-0.39, 0.29) is 12.0 Å². The summed E-state index contributed by atoms with van der Waals surface area (Å²) in [6, 6.07) is 10.3. The molecule has 8 nitrogen and oxygen atoms in total. The highest BCUT2D eigenvalue weighted by molar-refractivity contribution is 5.78. The quantitative estimate of drug-likeness (QED) is 0.553. The molecule has 4 heterocycles. The van der Waals surface area contributed by atoms with Crippen molar-refractivity contribution in [3.63, 3.8) is 0 Å². The van der Waals surface area contributed by atoms with Gasteiger partial charge in [-0.1, -0.05) is 12.1 Å². The molecule has 2 aromatic heterocycles. The summed E-state index contributed by atoms with van der Waals surface area (Å²) < 4.78 is 13.7. The number of ether oxygens (including phenoxy) is 2. The van der Waals surface area contributed by atoms with Gasteiger partial charge in [-0.15, -0.1) is 0 Å². The summed E-state index contributed by atoms with van der Waals surface area (Å²) >= 11 is 0. The molecule has 0 saturated carbocycles. The Morgan fingerprint density at radius 2 is 1.97 bits per heavy atom. The van der Waals surface area contributed by atoms with Gasteiger partial charge in [-0.25, -0.2) is 0 Å². The largest absolute Gasteiger partial charge is 0.493 e. The van der Waals surface area contributed by atoms with Crippen molar-refractivity contribution in [3.8, 4) is 5.75 Å². The lowest BCUT2D eigenvalue weighted by atomic mass is 10.1. The predicted molar refractivity (Wildman–Crippen MR) is 122 cm³/mol. The van der Waals surface area contributed by atoms with Gasteiger partial charge in [0.25, 0.3) is 0 Å². The van der Waals surface area contributed by atoms with Gasteiger partial charge in [0, 0.05) is 63.8 Å². The molecule has 0 spiro atoms. The lowest BCUT2D eigenvalue weighted by molar-refractivity contribution is -0.132. The highest BCUT2D eigenvalue weighted by Gasteiger charge is 2.29. The zero-order valence-electron chi connectivity index (χ0n) is 18.9. The highest BCUT2D eigenvalue weighted by Crippen LogP contribution is 2.26. The molecular weight excluding hydrogens is 418 g/mol. The monoisotopic (exact) mass is 447 g/mol. The number of fused-ring (bicyclic) bond motifs is 1. The number of rotatable bonds is 7. The zero-order chi connectivity index (χ0) is 22.6. The standard InChI is InChI=1S/C25H29N5O3/c1-28-12-21(11-27-28)14-30-16-23(33-18-19-4-7-26-8-5-19)15-29(17-25(30)31)13-20-2-3-24-22(10-20)6-9-32-24/h2-5,7-8,10-12,23H,6,9,13-18H2,1H3/t23-/m1/s1. The van der Waals surface area contributed by atoms with Crippen molar-refractivity contribution in [3.05, 3.63) is 77.4 Å². The van der Waals surface area contributed by atoms with E-state index >= 15 is 0 Å². The van der Waals surface area contributed by atoms with Crippen LogP contribution in [-0.2, 0) is 42.7 Å². The minimum atomic E-state index is -0.0981. The van der Waals surface area contributed by atoms with Gasteiger partial charge in [-0.05, 0) is 34.9 Å². The van der Waals surface area contributed by atoms with Crippen molar-refractivity contribution in [2.45, 2.75) is 32.2 Å². The molecule has 1 fully saturated rings. The average molecular weight is 448 g/mol. The van der Waals surface area contributed by atoms with E-state index < -0.39 is 0 Å². The van der Waals surface area contributed by atoms with Crippen LogP contribution in [0.15, 0.2) is 55.1 Å². The molecule has 1 atom stereocenters. The summed E-state index contributed by atoms with van der Waals surface area (Å²) in [6.07, 6.45) is 8.16. The first-order valence-corrected chi connectivity index (χ1v) is 11.3. The number of aryl methyl sites for hydroxylation is 1. The third-order valence-corrected chi connectivity index (χ3v) is 6.12.